The monoisotopic (exact) mass is 320 g/mol. The molecule has 23 heavy (non-hydrogen) atoms. The number of furan rings is 1. The molecule has 0 aliphatic rings. The summed E-state index contributed by atoms with van der Waals surface area (Å²) in [5.41, 5.74) is 0.333. The zero-order valence-corrected chi connectivity index (χ0v) is 14.3. The Morgan fingerprint density at radius 1 is 1.35 bits per heavy atom. The lowest BCUT2D eigenvalue weighted by Gasteiger charge is -2.20. The Bertz CT molecular complexity index is 667. The Labute approximate surface area is 136 Å². The van der Waals surface area contributed by atoms with E-state index < -0.39 is 11.7 Å². The molecule has 126 valence electrons. The van der Waals surface area contributed by atoms with Crippen molar-refractivity contribution in [2.24, 2.45) is 7.05 Å². The maximum absolute atomic E-state index is 11.9. The third-order valence-corrected chi connectivity index (χ3v) is 3.04. The number of aromatic nitrogens is 2. The fraction of sp³-hybridized carbons (Fsp3) is 0.500. The molecule has 2 rings (SSSR count). The van der Waals surface area contributed by atoms with E-state index in [1.54, 1.807) is 17.9 Å². The Morgan fingerprint density at radius 2 is 2.09 bits per heavy atom. The molecule has 1 amide bonds. The van der Waals surface area contributed by atoms with Crippen LogP contribution in [0.1, 0.15) is 37.9 Å². The predicted octanol–water partition coefficient (Wildman–Crippen LogP) is 2.96. The van der Waals surface area contributed by atoms with Gasteiger partial charge in [-0.1, -0.05) is 0 Å². The van der Waals surface area contributed by atoms with E-state index >= 15 is 0 Å². The number of hydrogen-bond donors (Lipinski definition) is 2. The van der Waals surface area contributed by atoms with Crippen molar-refractivity contribution in [3.8, 4) is 0 Å². The van der Waals surface area contributed by atoms with Crippen LogP contribution in [0.2, 0.25) is 0 Å². The van der Waals surface area contributed by atoms with Gasteiger partial charge in [0, 0.05) is 19.2 Å². The van der Waals surface area contributed by atoms with Gasteiger partial charge in [-0.15, -0.1) is 0 Å². The van der Waals surface area contributed by atoms with Crippen molar-refractivity contribution in [1.82, 2.24) is 15.1 Å². The zero-order chi connectivity index (χ0) is 17.0. The average molecular weight is 320 g/mol. The second-order valence-corrected chi connectivity index (χ2v) is 6.38. The van der Waals surface area contributed by atoms with E-state index in [0.717, 1.165) is 17.1 Å². The molecule has 0 fully saturated rings. The molecule has 0 atom stereocenters. The molecule has 2 heterocycles. The molecule has 0 aliphatic carbocycles. The van der Waals surface area contributed by atoms with Gasteiger partial charge < -0.3 is 14.5 Å². The molecule has 2 aromatic rings. The van der Waals surface area contributed by atoms with Crippen molar-refractivity contribution < 1.29 is 13.9 Å². The number of carbonyl (C=O) groups is 1. The van der Waals surface area contributed by atoms with E-state index in [4.69, 9.17) is 9.15 Å². The van der Waals surface area contributed by atoms with Gasteiger partial charge >= 0.3 is 6.09 Å². The Hall–Kier alpha value is -2.28. The first kappa shape index (κ1) is 17.1. The van der Waals surface area contributed by atoms with Crippen molar-refractivity contribution >= 4 is 11.9 Å². The fourth-order valence-corrected chi connectivity index (χ4v) is 2.07. The van der Waals surface area contributed by atoms with Crippen LogP contribution in [0.5, 0.6) is 0 Å². The Morgan fingerprint density at radius 3 is 2.70 bits per heavy atom. The molecule has 2 aromatic heterocycles. The van der Waals surface area contributed by atoms with Crippen molar-refractivity contribution in [3.05, 3.63) is 35.4 Å². The number of nitrogens with one attached hydrogen (secondary N) is 2. The number of carbonyl (C=O) groups excluding carboxylic acids is 1. The third kappa shape index (κ3) is 5.14. The second-order valence-electron chi connectivity index (χ2n) is 6.38. The highest BCUT2D eigenvalue weighted by atomic mass is 16.6. The lowest BCUT2D eigenvalue weighted by Crippen LogP contribution is -2.28. The first-order valence-corrected chi connectivity index (χ1v) is 7.51. The maximum Gasteiger partial charge on any atom is 0.413 e. The molecule has 0 aliphatic heterocycles. The second kappa shape index (κ2) is 6.87. The minimum absolute atomic E-state index is 0.496. The summed E-state index contributed by atoms with van der Waals surface area (Å²) in [5, 5.41) is 10.2. The molecule has 0 saturated heterocycles. The summed E-state index contributed by atoms with van der Waals surface area (Å²) in [6, 6.07) is 3.86. The van der Waals surface area contributed by atoms with Gasteiger partial charge in [0.1, 0.15) is 22.9 Å². The van der Waals surface area contributed by atoms with Crippen LogP contribution in [0.3, 0.4) is 0 Å². The van der Waals surface area contributed by atoms with E-state index in [2.05, 4.69) is 15.7 Å². The van der Waals surface area contributed by atoms with Gasteiger partial charge in [0.15, 0.2) is 0 Å². The number of ether oxygens (including phenoxy) is 1. The van der Waals surface area contributed by atoms with E-state index in [-0.39, 0.29) is 0 Å². The van der Waals surface area contributed by atoms with Crippen molar-refractivity contribution in [2.75, 3.05) is 5.32 Å². The predicted molar refractivity (Wildman–Crippen MR) is 87.1 cm³/mol. The van der Waals surface area contributed by atoms with E-state index in [0.29, 0.717) is 18.9 Å². The van der Waals surface area contributed by atoms with Gasteiger partial charge in [0.05, 0.1) is 12.7 Å². The van der Waals surface area contributed by atoms with Gasteiger partial charge in [-0.25, -0.2) is 4.79 Å². The number of hydrogen-bond acceptors (Lipinski definition) is 5. The summed E-state index contributed by atoms with van der Waals surface area (Å²) in [6.45, 7) is 8.54. The Balaban J connectivity index is 1.94. The lowest BCUT2D eigenvalue weighted by atomic mass is 10.2. The first-order chi connectivity index (χ1) is 10.7. The SMILES string of the molecule is Cc1ccc(CNCc2cnn(C)c2NC(=O)OC(C)(C)C)o1. The quantitative estimate of drug-likeness (QED) is 0.885. The average Bonchev–Trinajstić information content (AvgIpc) is 2.97. The molecule has 0 aromatic carbocycles. The molecular formula is C16H24N4O3. The molecule has 0 saturated carbocycles. The van der Waals surface area contributed by atoms with E-state index in [1.165, 1.54) is 0 Å². The van der Waals surface area contributed by atoms with Crippen LogP contribution in [0.25, 0.3) is 0 Å². The van der Waals surface area contributed by atoms with Crippen LogP contribution >= 0.6 is 0 Å². The summed E-state index contributed by atoms with van der Waals surface area (Å²) >= 11 is 0. The maximum atomic E-state index is 11.9. The van der Waals surface area contributed by atoms with Crippen LogP contribution < -0.4 is 10.6 Å². The highest BCUT2D eigenvalue weighted by Crippen LogP contribution is 2.16. The summed E-state index contributed by atoms with van der Waals surface area (Å²) in [4.78, 5) is 11.9. The molecule has 7 heteroatoms. The molecular weight excluding hydrogens is 296 g/mol. The summed E-state index contributed by atoms with van der Waals surface area (Å²) in [6.07, 6.45) is 1.22. The zero-order valence-electron chi connectivity index (χ0n) is 14.3. The molecule has 0 radical (unpaired) electrons. The van der Waals surface area contributed by atoms with Crippen LogP contribution in [0.15, 0.2) is 22.7 Å². The topological polar surface area (TPSA) is 81.3 Å². The number of amides is 1. The summed E-state index contributed by atoms with van der Waals surface area (Å²) < 4.78 is 12.4. The first-order valence-electron chi connectivity index (χ1n) is 7.51. The van der Waals surface area contributed by atoms with Gasteiger partial charge in [0.2, 0.25) is 0 Å². The minimum atomic E-state index is -0.543. The standard InChI is InChI=1S/C16H24N4O3/c1-11-6-7-13(22-11)10-17-8-12-9-18-20(5)14(12)19-15(21)23-16(2,3)4/h6-7,9,17H,8,10H2,1-5H3,(H,19,21). The molecule has 7 nitrogen and oxygen atoms in total. The largest absolute Gasteiger partial charge is 0.465 e. The minimum Gasteiger partial charge on any atom is -0.465 e. The molecule has 0 spiro atoms. The van der Waals surface area contributed by atoms with Crippen molar-refractivity contribution in [2.45, 2.75) is 46.4 Å². The normalized spacial score (nSPS) is 11.5. The highest BCUT2D eigenvalue weighted by Gasteiger charge is 2.19. The van der Waals surface area contributed by atoms with Gasteiger partial charge in [-0.05, 0) is 39.8 Å². The van der Waals surface area contributed by atoms with Crippen LogP contribution in [-0.4, -0.2) is 21.5 Å². The number of rotatable bonds is 5. The molecule has 2 N–H and O–H groups in total. The van der Waals surface area contributed by atoms with Gasteiger partial charge in [0.25, 0.3) is 0 Å². The third-order valence-electron chi connectivity index (χ3n) is 3.04. The lowest BCUT2D eigenvalue weighted by molar-refractivity contribution is 0.0634. The highest BCUT2D eigenvalue weighted by molar-refractivity contribution is 5.84. The van der Waals surface area contributed by atoms with Crippen molar-refractivity contribution in [1.29, 1.82) is 0 Å². The van der Waals surface area contributed by atoms with Gasteiger partial charge in [-0.2, -0.15) is 5.10 Å². The number of aryl methyl sites for hydroxylation is 2. The Kier molecular flexibility index (Phi) is 5.10. The van der Waals surface area contributed by atoms with E-state index in [9.17, 15) is 4.79 Å². The van der Waals surface area contributed by atoms with Crippen LogP contribution in [0, 0.1) is 6.92 Å². The van der Waals surface area contributed by atoms with Crippen molar-refractivity contribution in [3.63, 3.8) is 0 Å². The van der Waals surface area contributed by atoms with Crippen LogP contribution in [0.4, 0.5) is 10.6 Å². The van der Waals surface area contributed by atoms with E-state index in [1.807, 2.05) is 39.8 Å². The summed E-state index contributed by atoms with van der Waals surface area (Å²) in [7, 11) is 1.77. The number of anilines is 1. The van der Waals surface area contributed by atoms with Gasteiger partial charge in [-0.3, -0.25) is 10.00 Å². The molecule has 0 unspecified atom stereocenters. The van der Waals surface area contributed by atoms with Crippen LogP contribution in [-0.2, 0) is 24.9 Å². The fourth-order valence-electron chi connectivity index (χ4n) is 2.07. The molecule has 0 bridgehead atoms. The summed E-state index contributed by atoms with van der Waals surface area (Å²) in [5.74, 6) is 2.37. The smallest absolute Gasteiger partial charge is 0.413 e. The number of nitrogens with zero attached hydrogens (tertiary/aromatic N) is 2.